The Kier molecular flexibility index (Phi) is 3.47. The highest BCUT2D eigenvalue weighted by Crippen LogP contribution is 2.42. The molecule has 1 aliphatic heterocycles. The van der Waals surface area contributed by atoms with Crippen LogP contribution in [0.2, 0.25) is 0 Å². The minimum Gasteiger partial charge on any atom is -0.251 e. The minimum absolute atomic E-state index is 0.323. The van der Waals surface area contributed by atoms with Crippen molar-refractivity contribution in [1.29, 1.82) is 0 Å². The van der Waals surface area contributed by atoms with Crippen molar-refractivity contribution in [3.63, 3.8) is 0 Å². The van der Waals surface area contributed by atoms with E-state index in [0.717, 1.165) is 5.69 Å². The van der Waals surface area contributed by atoms with E-state index in [9.17, 15) is 0 Å². The van der Waals surface area contributed by atoms with Gasteiger partial charge in [0.25, 0.3) is 0 Å². The maximum absolute atomic E-state index is 5.07. The van der Waals surface area contributed by atoms with Crippen molar-refractivity contribution in [2.75, 3.05) is 0 Å². The molecule has 108 valence electrons. The lowest BCUT2D eigenvalue weighted by molar-refractivity contribution is 0.890. The van der Waals surface area contributed by atoms with E-state index in [1.165, 1.54) is 21.7 Å². The van der Waals surface area contributed by atoms with Gasteiger partial charge in [-0.2, -0.15) is 0 Å². The van der Waals surface area contributed by atoms with E-state index in [4.69, 9.17) is 4.99 Å². The number of nitrogens with zero attached hydrogens (tertiary/aromatic N) is 1. The first kappa shape index (κ1) is 13.6. The largest absolute Gasteiger partial charge is 0.251 e. The second-order valence-electron chi connectivity index (χ2n) is 5.66. The number of para-hydroxylation sites is 1. The van der Waals surface area contributed by atoms with Crippen molar-refractivity contribution >= 4 is 23.2 Å². The summed E-state index contributed by atoms with van der Waals surface area (Å²) in [5.74, 6) is 0.323. The summed E-state index contributed by atoms with van der Waals surface area (Å²) >= 11 is 1.91. The first-order chi connectivity index (χ1) is 10.8. The van der Waals surface area contributed by atoms with Gasteiger partial charge in [0.1, 0.15) is 0 Å². The Bertz CT molecular complexity index is 801. The van der Waals surface area contributed by atoms with E-state index in [-0.39, 0.29) is 0 Å². The average molecular weight is 303 g/mol. The number of allylic oxidation sites excluding steroid dienone is 3. The Balaban J connectivity index is 1.93. The summed E-state index contributed by atoms with van der Waals surface area (Å²) in [6, 6.07) is 17.0. The van der Waals surface area contributed by atoms with Gasteiger partial charge in [-0.05, 0) is 30.2 Å². The van der Waals surface area contributed by atoms with Gasteiger partial charge in [0.05, 0.1) is 11.4 Å². The summed E-state index contributed by atoms with van der Waals surface area (Å²) in [5.41, 5.74) is 4.81. The monoisotopic (exact) mass is 303 g/mol. The van der Waals surface area contributed by atoms with Crippen LogP contribution in [0.15, 0.2) is 82.7 Å². The van der Waals surface area contributed by atoms with Gasteiger partial charge in [-0.15, -0.1) is 11.8 Å². The van der Waals surface area contributed by atoms with Crippen LogP contribution < -0.4 is 0 Å². The summed E-state index contributed by atoms with van der Waals surface area (Å²) in [7, 11) is 0. The number of hydrogen-bond donors (Lipinski definition) is 0. The molecular weight excluding hydrogens is 286 g/mol. The molecule has 0 fully saturated rings. The maximum Gasteiger partial charge on any atom is 0.0769 e. The lowest BCUT2D eigenvalue weighted by atomic mass is 9.88. The lowest BCUT2D eigenvalue weighted by Crippen LogP contribution is -2.24. The first-order valence-electron chi connectivity index (χ1n) is 7.58. The van der Waals surface area contributed by atoms with Crippen molar-refractivity contribution < 1.29 is 0 Å². The molecule has 0 bridgehead atoms. The molecule has 1 nitrogen and oxygen atoms in total. The fourth-order valence-electron chi connectivity index (χ4n) is 3.05. The molecule has 4 rings (SSSR count). The summed E-state index contributed by atoms with van der Waals surface area (Å²) in [6.07, 6.45) is 8.88. The van der Waals surface area contributed by atoms with Gasteiger partial charge in [-0.3, -0.25) is 4.99 Å². The Hall–Kier alpha value is -2.06. The van der Waals surface area contributed by atoms with Gasteiger partial charge in [-0.1, -0.05) is 60.7 Å². The molecule has 2 aromatic rings. The van der Waals surface area contributed by atoms with Crippen molar-refractivity contribution in [3.05, 3.63) is 84.0 Å². The zero-order valence-electron chi connectivity index (χ0n) is 12.4. The summed E-state index contributed by atoms with van der Waals surface area (Å²) in [6.45, 7) is 2.17. The van der Waals surface area contributed by atoms with Crippen molar-refractivity contribution in [3.8, 4) is 0 Å². The van der Waals surface area contributed by atoms with E-state index in [2.05, 4.69) is 79.8 Å². The molecule has 2 heteroatoms. The molecule has 0 radical (unpaired) electrons. The Morgan fingerprint density at radius 3 is 2.59 bits per heavy atom. The molecule has 0 saturated carbocycles. The third-order valence-electron chi connectivity index (χ3n) is 4.19. The van der Waals surface area contributed by atoms with Gasteiger partial charge in [-0.25, -0.2) is 0 Å². The van der Waals surface area contributed by atoms with E-state index in [0.29, 0.717) is 11.2 Å². The van der Waals surface area contributed by atoms with Gasteiger partial charge in [0, 0.05) is 16.1 Å². The van der Waals surface area contributed by atoms with Crippen LogP contribution in [0.4, 0.5) is 5.69 Å². The van der Waals surface area contributed by atoms with Gasteiger partial charge in [0.2, 0.25) is 0 Å². The fourth-order valence-corrected chi connectivity index (χ4v) is 4.27. The van der Waals surface area contributed by atoms with Crippen molar-refractivity contribution in [1.82, 2.24) is 0 Å². The molecule has 2 aliphatic rings. The Morgan fingerprint density at radius 1 is 0.909 bits per heavy atom. The molecular formula is C20H17NS. The molecule has 1 aliphatic carbocycles. The molecule has 0 aromatic heterocycles. The number of aryl methyl sites for hydroxylation is 1. The second kappa shape index (κ2) is 5.62. The van der Waals surface area contributed by atoms with Gasteiger partial charge >= 0.3 is 0 Å². The quantitative estimate of drug-likeness (QED) is 0.693. The third kappa shape index (κ3) is 2.34. The molecule has 2 unspecified atom stereocenters. The maximum atomic E-state index is 5.07. The average Bonchev–Trinajstić information content (AvgIpc) is 2.72. The number of benzene rings is 2. The molecule has 0 N–H and O–H groups in total. The van der Waals surface area contributed by atoms with E-state index >= 15 is 0 Å². The van der Waals surface area contributed by atoms with Crippen LogP contribution in [0.3, 0.4) is 0 Å². The minimum atomic E-state index is 0.323. The number of thioether (sulfide) groups is 1. The Morgan fingerprint density at radius 2 is 1.68 bits per heavy atom. The second-order valence-corrected chi connectivity index (χ2v) is 6.88. The SMILES string of the molecule is Cc1ccccc1C1=Nc2ccccc2SC2C=CC=CC12. The normalized spacial score (nSPS) is 22.5. The Labute approximate surface area is 135 Å². The number of rotatable bonds is 1. The van der Waals surface area contributed by atoms with Crippen LogP contribution in [-0.4, -0.2) is 11.0 Å². The molecule has 2 aromatic carbocycles. The van der Waals surface area contributed by atoms with Crippen LogP contribution in [0, 0.1) is 12.8 Å². The number of aliphatic imine (C=N–C) groups is 1. The summed E-state index contributed by atoms with van der Waals surface area (Å²) < 4.78 is 0. The summed E-state index contributed by atoms with van der Waals surface area (Å²) in [4.78, 5) is 6.33. The fraction of sp³-hybridized carbons (Fsp3) is 0.150. The van der Waals surface area contributed by atoms with Crippen LogP contribution >= 0.6 is 11.8 Å². The standard InChI is InChI=1S/C20H17NS/c1-14-8-2-3-9-15(14)20-16-10-4-6-12-18(16)22-19-13-7-5-11-17(19)21-20/h2-13,16,18H,1H3. The molecule has 1 heterocycles. The zero-order chi connectivity index (χ0) is 14.9. The topological polar surface area (TPSA) is 12.4 Å². The molecule has 0 saturated heterocycles. The van der Waals surface area contributed by atoms with Crippen LogP contribution in [0.25, 0.3) is 0 Å². The number of hydrogen-bond acceptors (Lipinski definition) is 2. The van der Waals surface area contributed by atoms with Crippen molar-refractivity contribution in [2.24, 2.45) is 10.9 Å². The van der Waals surface area contributed by atoms with E-state index < -0.39 is 0 Å². The predicted octanol–water partition coefficient (Wildman–Crippen LogP) is 5.33. The van der Waals surface area contributed by atoms with Crippen LogP contribution in [0.1, 0.15) is 11.1 Å². The smallest absolute Gasteiger partial charge is 0.0769 e. The van der Waals surface area contributed by atoms with Crippen LogP contribution in [-0.2, 0) is 0 Å². The molecule has 2 atom stereocenters. The molecule has 0 spiro atoms. The highest BCUT2D eigenvalue weighted by Gasteiger charge is 2.29. The lowest BCUT2D eigenvalue weighted by Gasteiger charge is -2.24. The van der Waals surface area contributed by atoms with Gasteiger partial charge in [0.15, 0.2) is 0 Å². The highest BCUT2D eigenvalue weighted by molar-refractivity contribution is 8.00. The summed E-state index contributed by atoms with van der Waals surface area (Å²) in [5, 5.41) is 0.409. The van der Waals surface area contributed by atoms with Crippen LogP contribution in [0.5, 0.6) is 0 Å². The third-order valence-corrected chi connectivity index (χ3v) is 5.51. The zero-order valence-corrected chi connectivity index (χ0v) is 13.3. The van der Waals surface area contributed by atoms with Crippen molar-refractivity contribution in [2.45, 2.75) is 17.1 Å². The number of fused-ring (bicyclic) bond motifs is 2. The molecule has 0 amide bonds. The van der Waals surface area contributed by atoms with Gasteiger partial charge < -0.3 is 0 Å². The van der Waals surface area contributed by atoms with E-state index in [1.54, 1.807) is 0 Å². The molecule has 22 heavy (non-hydrogen) atoms. The predicted molar refractivity (Wildman–Crippen MR) is 95.2 cm³/mol. The first-order valence-corrected chi connectivity index (χ1v) is 8.46. The van der Waals surface area contributed by atoms with E-state index in [1.807, 2.05) is 11.8 Å². The highest BCUT2D eigenvalue weighted by atomic mass is 32.2.